The van der Waals surface area contributed by atoms with Crippen LogP contribution in [0.1, 0.15) is 5.56 Å². The molecular formula is C49H36N2. The highest BCUT2D eigenvalue weighted by atomic mass is 15.2. The molecule has 8 aromatic carbocycles. The Balaban J connectivity index is 1.20. The molecule has 0 N–H and O–H groups in total. The smallest absolute Gasteiger partial charge is 0.0562 e. The van der Waals surface area contributed by atoms with Crippen LogP contribution < -0.4 is 4.90 Å². The van der Waals surface area contributed by atoms with Crippen molar-refractivity contribution in [2.75, 3.05) is 4.90 Å². The Labute approximate surface area is 299 Å². The van der Waals surface area contributed by atoms with Crippen LogP contribution in [0, 0.1) is 6.92 Å². The van der Waals surface area contributed by atoms with E-state index in [0.717, 1.165) is 22.7 Å². The normalized spacial score (nSPS) is 11.2. The molecule has 1 heterocycles. The summed E-state index contributed by atoms with van der Waals surface area (Å²) < 4.78 is 2.41. The molecule has 0 saturated carbocycles. The van der Waals surface area contributed by atoms with Crippen LogP contribution in [0.15, 0.2) is 200 Å². The summed E-state index contributed by atoms with van der Waals surface area (Å²) in [4.78, 5) is 2.44. The van der Waals surface area contributed by atoms with Crippen LogP contribution in [0.3, 0.4) is 0 Å². The summed E-state index contributed by atoms with van der Waals surface area (Å²) in [5, 5.41) is 2.44. The monoisotopic (exact) mass is 652 g/mol. The average Bonchev–Trinajstić information content (AvgIpc) is 3.54. The number of para-hydroxylation sites is 2. The van der Waals surface area contributed by atoms with Crippen LogP contribution >= 0.6 is 0 Å². The summed E-state index contributed by atoms with van der Waals surface area (Å²) in [6.07, 6.45) is 0. The Morgan fingerprint density at radius 1 is 0.392 bits per heavy atom. The van der Waals surface area contributed by atoms with Crippen molar-refractivity contribution >= 4 is 38.9 Å². The van der Waals surface area contributed by atoms with Gasteiger partial charge in [-0.05, 0) is 88.8 Å². The number of rotatable bonds is 7. The van der Waals surface area contributed by atoms with Gasteiger partial charge in [0.1, 0.15) is 0 Å². The van der Waals surface area contributed by atoms with Gasteiger partial charge in [0.05, 0.1) is 22.4 Å². The number of fused-ring (bicyclic) bond motifs is 3. The minimum Gasteiger partial charge on any atom is -0.309 e. The number of anilines is 3. The molecule has 0 aliphatic carbocycles. The van der Waals surface area contributed by atoms with Crippen LogP contribution in [0.4, 0.5) is 17.1 Å². The van der Waals surface area contributed by atoms with E-state index in [1.807, 2.05) is 0 Å². The van der Waals surface area contributed by atoms with Crippen molar-refractivity contribution in [2.24, 2.45) is 0 Å². The van der Waals surface area contributed by atoms with E-state index in [1.54, 1.807) is 0 Å². The SMILES string of the molecule is Cc1cccc(N(c2ccccc2-c2ccccc2)c2cccc3c2c2ccccc2n3-c2ccc(-c3ccc(-c4ccccc4)cc3)cc2)c1. The molecule has 51 heavy (non-hydrogen) atoms. The first kappa shape index (κ1) is 30.4. The van der Waals surface area contributed by atoms with E-state index in [1.165, 1.54) is 60.8 Å². The van der Waals surface area contributed by atoms with Crippen molar-refractivity contribution in [3.05, 3.63) is 206 Å². The Kier molecular flexibility index (Phi) is 7.75. The number of aryl methyl sites for hydroxylation is 1. The van der Waals surface area contributed by atoms with Gasteiger partial charge in [0.15, 0.2) is 0 Å². The van der Waals surface area contributed by atoms with Crippen LogP contribution in [0.5, 0.6) is 0 Å². The minimum absolute atomic E-state index is 1.13. The standard InChI is InChI=1S/C49H36N2/c1-35-14-12-19-42(34-35)51(45-22-10-8-20-43(45)40-17-6-3-7-18-40)48-25-13-24-47-49(48)44-21-9-11-23-46(44)50(47)41-32-30-39(31-33-41)38-28-26-37(27-29-38)36-15-4-2-5-16-36/h2-34H,1H3. The van der Waals surface area contributed by atoms with Gasteiger partial charge in [0.25, 0.3) is 0 Å². The van der Waals surface area contributed by atoms with Gasteiger partial charge in [-0.3, -0.25) is 0 Å². The van der Waals surface area contributed by atoms with E-state index in [2.05, 4.69) is 217 Å². The zero-order valence-electron chi connectivity index (χ0n) is 28.4. The van der Waals surface area contributed by atoms with Crippen LogP contribution in [-0.2, 0) is 0 Å². The summed E-state index contributed by atoms with van der Waals surface area (Å²) in [6, 6.07) is 72.2. The molecule has 1 aromatic heterocycles. The summed E-state index contributed by atoms with van der Waals surface area (Å²) in [5.74, 6) is 0. The third kappa shape index (κ3) is 5.57. The molecule has 9 aromatic rings. The maximum atomic E-state index is 2.44. The van der Waals surface area contributed by atoms with E-state index in [9.17, 15) is 0 Å². The molecule has 0 saturated heterocycles. The zero-order chi connectivity index (χ0) is 34.1. The molecule has 2 heteroatoms. The Morgan fingerprint density at radius 3 is 1.63 bits per heavy atom. The number of aromatic nitrogens is 1. The van der Waals surface area contributed by atoms with E-state index >= 15 is 0 Å². The second-order valence-electron chi connectivity index (χ2n) is 13.1. The van der Waals surface area contributed by atoms with Crippen LogP contribution in [-0.4, -0.2) is 4.57 Å². The lowest BCUT2D eigenvalue weighted by Crippen LogP contribution is -2.12. The third-order valence-electron chi connectivity index (χ3n) is 9.86. The second-order valence-corrected chi connectivity index (χ2v) is 13.1. The lowest BCUT2D eigenvalue weighted by molar-refractivity contribution is 1.18. The molecule has 0 amide bonds. The van der Waals surface area contributed by atoms with Crippen molar-refractivity contribution in [2.45, 2.75) is 6.92 Å². The molecule has 0 spiro atoms. The van der Waals surface area contributed by atoms with Gasteiger partial charge in [-0.1, -0.05) is 152 Å². The van der Waals surface area contributed by atoms with Gasteiger partial charge >= 0.3 is 0 Å². The van der Waals surface area contributed by atoms with Crippen molar-refractivity contribution in [3.63, 3.8) is 0 Å². The lowest BCUT2D eigenvalue weighted by atomic mass is 10.0. The molecule has 0 unspecified atom stereocenters. The van der Waals surface area contributed by atoms with Gasteiger partial charge in [-0.15, -0.1) is 0 Å². The molecule has 2 nitrogen and oxygen atoms in total. The Bertz CT molecular complexity index is 2620. The average molecular weight is 653 g/mol. The maximum absolute atomic E-state index is 2.44. The van der Waals surface area contributed by atoms with Crippen molar-refractivity contribution in [3.8, 4) is 39.1 Å². The van der Waals surface area contributed by atoms with Gasteiger partial charge in [-0.2, -0.15) is 0 Å². The fourth-order valence-corrected chi connectivity index (χ4v) is 7.46. The molecule has 0 bridgehead atoms. The predicted octanol–water partition coefficient (Wildman–Crippen LogP) is 13.6. The highest BCUT2D eigenvalue weighted by molar-refractivity contribution is 6.17. The zero-order valence-corrected chi connectivity index (χ0v) is 28.4. The first-order chi connectivity index (χ1) is 25.2. The first-order valence-corrected chi connectivity index (χ1v) is 17.5. The fraction of sp³-hybridized carbons (Fsp3) is 0.0204. The molecule has 0 fully saturated rings. The highest BCUT2D eigenvalue weighted by Crippen LogP contribution is 2.46. The van der Waals surface area contributed by atoms with Crippen LogP contribution in [0.2, 0.25) is 0 Å². The third-order valence-corrected chi connectivity index (χ3v) is 9.86. The van der Waals surface area contributed by atoms with Crippen molar-refractivity contribution in [1.82, 2.24) is 4.57 Å². The largest absolute Gasteiger partial charge is 0.309 e. The molecule has 0 aliphatic heterocycles. The van der Waals surface area contributed by atoms with Crippen molar-refractivity contribution < 1.29 is 0 Å². The molecule has 0 radical (unpaired) electrons. The molecule has 9 rings (SSSR count). The van der Waals surface area contributed by atoms with Gasteiger partial charge < -0.3 is 9.47 Å². The van der Waals surface area contributed by atoms with Crippen LogP contribution in [0.25, 0.3) is 60.9 Å². The lowest BCUT2D eigenvalue weighted by Gasteiger charge is -2.29. The fourth-order valence-electron chi connectivity index (χ4n) is 7.46. The molecule has 0 atom stereocenters. The molecule has 0 aliphatic rings. The van der Waals surface area contributed by atoms with E-state index in [4.69, 9.17) is 0 Å². The van der Waals surface area contributed by atoms with E-state index in [0.29, 0.717) is 0 Å². The first-order valence-electron chi connectivity index (χ1n) is 17.5. The van der Waals surface area contributed by atoms with E-state index in [-0.39, 0.29) is 0 Å². The van der Waals surface area contributed by atoms with Gasteiger partial charge in [0.2, 0.25) is 0 Å². The van der Waals surface area contributed by atoms with Gasteiger partial charge in [-0.25, -0.2) is 0 Å². The summed E-state index contributed by atoms with van der Waals surface area (Å²) >= 11 is 0. The highest BCUT2D eigenvalue weighted by Gasteiger charge is 2.23. The van der Waals surface area contributed by atoms with E-state index < -0.39 is 0 Å². The number of hydrogen-bond donors (Lipinski definition) is 0. The second kappa shape index (κ2) is 13.0. The minimum atomic E-state index is 1.13. The maximum Gasteiger partial charge on any atom is 0.0562 e. The number of nitrogens with zero attached hydrogens (tertiary/aromatic N) is 2. The Hall–Kier alpha value is -6.64. The summed E-state index contributed by atoms with van der Waals surface area (Å²) in [6.45, 7) is 2.17. The van der Waals surface area contributed by atoms with Crippen molar-refractivity contribution in [1.29, 1.82) is 0 Å². The molecule has 242 valence electrons. The number of benzene rings is 8. The topological polar surface area (TPSA) is 8.17 Å². The summed E-state index contributed by atoms with van der Waals surface area (Å²) in [7, 11) is 0. The molecular weight excluding hydrogens is 617 g/mol. The Morgan fingerprint density at radius 2 is 0.922 bits per heavy atom. The number of hydrogen-bond acceptors (Lipinski definition) is 1. The van der Waals surface area contributed by atoms with Gasteiger partial charge in [0, 0.05) is 27.7 Å². The quantitative estimate of drug-likeness (QED) is 0.166. The predicted molar refractivity (Wildman–Crippen MR) is 217 cm³/mol. The summed E-state index contributed by atoms with van der Waals surface area (Å²) in [5.41, 5.74) is 15.4.